The predicted octanol–water partition coefficient (Wildman–Crippen LogP) is 5.61. The fourth-order valence-electron chi connectivity index (χ4n) is 2.63. The number of amides is 1. The van der Waals surface area contributed by atoms with Crippen molar-refractivity contribution >= 4 is 29.5 Å². The van der Waals surface area contributed by atoms with Gasteiger partial charge in [0.25, 0.3) is 0 Å². The van der Waals surface area contributed by atoms with Crippen molar-refractivity contribution in [3.05, 3.63) is 58.6 Å². The molecule has 3 rings (SSSR count). The molecule has 0 radical (unpaired) electrons. The lowest BCUT2D eigenvalue weighted by Crippen LogP contribution is -2.41. The third-order valence-electron chi connectivity index (χ3n) is 3.64. The van der Waals surface area contributed by atoms with E-state index in [0.717, 1.165) is 10.5 Å². The van der Waals surface area contributed by atoms with Crippen molar-refractivity contribution in [2.75, 3.05) is 0 Å². The topological polar surface area (TPSA) is 38.3 Å². The molecule has 2 aromatic rings. The van der Waals surface area contributed by atoms with Crippen molar-refractivity contribution in [1.29, 1.82) is 0 Å². The summed E-state index contributed by atoms with van der Waals surface area (Å²) in [5.74, 6) is 0. The van der Waals surface area contributed by atoms with E-state index in [-0.39, 0.29) is 11.6 Å². The van der Waals surface area contributed by atoms with Crippen LogP contribution in [0, 0.1) is 0 Å². The SMILES string of the molecule is CC(C)(C)NC(=O)O[C@@H]1Cc2ccccc2Sc2ccc(Cl)cc21. The highest BCUT2D eigenvalue weighted by Crippen LogP contribution is 2.42. The number of benzene rings is 2. The van der Waals surface area contributed by atoms with Crippen LogP contribution in [0.4, 0.5) is 4.79 Å². The lowest BCUT2D eigenvalue weighted by molar-refractivity contribution is 0.0897. The van der Waals surface area contributed by atoms with Gasteiger partial charge < -0.3 is 10.1 Å². The standard InChI is InChI=1S/C19H20ClNO2S/c1-19(2,3)21-18(22)23-15-10-12-6-4-5-7-16(12)24-17-9-8-13(20)11-14(15)17/h4-9,11,15H,10H2,1-3H3,(H,21,22)/t15-/m1/s1. The molecule has 3 nitrogen and oxygen atoms in total. The molecule has 5 heteroatoms. The highest BCUT2D eigenvalue weighted by atomic mass is 35.5. The summed E-state index contributed by atoms with van der Waals surface area (Å²) in [7, 11) is 0. The van der Waals surface area contributed by atoms with E-state index in [2.05, 4.69) is 17.4 Å². The highest BCUT2D eigenvalue weighted by Gasteiger charge is 2.27. The zero-order valence-corrected chi connectivity index (χ0v) is 15.5. The molecule has 0 unspecified atom stereocenters. The van der Waals surface area contributed by atoms with Gasteiger partial charge in [0, 0.05) is 32.3 Å². The summed E-state index contributed by atoms with van der Waals surface area (Å²) in [6.45, 7) is 5.78. The van der Waals surface area contributed by atoms with Crippen molar-refractivity contribution in [1.82, 2.24) is 5.32 Å². The van der Waals surface area contributed by atoms with Gasteiger partial charge in [-0.2, -0.15) is 0 Å². The molecule has 1 amide bonds. The number of carbonyl (C=O) groups excluding carboxylic acids is 1. The molecule has 126 valence electrons. The molecule has 0 aliphatic carbocycles. The first-order valence-corrected chi connectivity index (χ1v) is 9.05. The predicted molar refractivity (Wildman–Crippen MR) is 97.8 cm³/mol. The fraction of sp³-hybridized carbons (Fsp3) is 0.316. The quantitative estimate of drug-likeness (QED) is 0.717. The minimum Gasteiger partial charge on any atom is -0.441 e. The smallest absolute Gasteiger partial charge is 0.408 e. The van der Waals surface area contributed by atoms with E-state index < -0.39 is 6.09 Å². The van der Waals surface area contributed by atoms with Crippen molar-refractivity contribution in [3.8, 4) is 0 Å². The Morgan fingerprint density at radius 3 is 2.71 bits per heavy atom. The van der Waals surface area contributed by atoms with Gasteiger partial charge in [0.2, 0.25) is 0 Å². The molecule has 0 saturated heterocycles. The van der Waals surface area contributed by atoms with Crippen molar-refractivity contribution in [3.63, 3.8) is 0 Å². The van der Waals surface area contributed by atoms with Gasteiger partial charge in [0.1, 0.15) is 6.10 Å². The number of rotatable bonds is 1. The molecule has 0 fully saturated rings. The summed E-state index contributed by atoms with van der Waals surface area (Å²) in [4.78, 5) is 14.5. The second kappa shape index (κ2) is 6.69. The van der Waals surface area contributed by atoms with Gasteiger partial charge in [-0.3, -0.25) is 0 Å². The number of alkyl carbamates (subject to hydrolysis) is 1. The Kier molecular flexibility index (Phi) is 4.79. The molecule has 0 bridgehead atoms. The largest absolute Gasteiger partial charge is 0.441 e. The van der Waals surface area contributed by atoms with Gasteiger partial charge in [-0.05, 0) is 50.6 Å². The lowest BCUT2D eigenvalue weighted by Gasteiger charge is -2.24. The summed E-state index contributed by atoms with van der Waals surface area (Å²) < 4.78 is 5.76. The fourth-order valence-corrected chi connectivity index (χ4v) is 3.92. The van der Waals surface area contributed by atoms with Crippen LogP contribution in [0.1, 0.15) is 38.0 Å². The number of hydrogen-bond acceptors (Lipinski definition) is 3. The van der Waals surface area contributed by atoms with Gasteiger partial charge in [-0.15, -0.1) is 0 Å². The first-order valence-electron chi connectivity index (χ1n) is 7.86. The Morgan fingerprint density at radius 2 is 1.96 bits per heavy atom. The van der Waals surface area contributed by atoms with E-state index in [4.69, 9.17) is 16.3 Å². The van der Waals surface area contributed by atoms with Gasteiger partial charge in [-0.25, -0.2) is 4.79 Å². The maximum atomic E-state index is 12.3. The van der Waals surface area contributed by atoms with Crippen LogP contribution in [0.2, 0.25) is 5.02 Å². The molecule has 0 spiro atoms. The molecular formula is C19H20ClNO2S. The summed E-state index contributed by atoms with van der Waals surface area (Å²) >= 11 is 7.87. The Labute approximate surface area is 151 Å². The van der Waals surface area contributed by atoms with Crippen LogP contribution in [0.15, 0.2) is 52.3 Å². The van der Waals surface area contributed by atoms with Gasteiger partial charge in [0.05, 0.1) is 0 Å². The van der Waals surface area contributed by atoms with E-state index in [0.29, 0.717) is 11.4 Å². The lowest BCUT2D eigenvalue weighted by atomic mass is 10.0. The summed E-state index contributed by atoms with van der Waals surface area (Å²) in [6.07, 6.45) is -0.145. The van der Waals surface area contributed by atoms with Gasteiger partial charge in [0.15, 0.2) is 0 Å². The maximum Gasteiger partial charge on any atom is 0.408 e. The van der Waals surface area contributed by atoms with Crippen molar-refractivity contribution in [2.24, 2.45) is 0 Å². The molecule has 1 N–H and O–H groups in total. The Balaban J connectivity index is 1.95. The monoisotopic (exact) mass is 361 g/mol. The summed E-state index contributed by atoms with van der Waals surface area (Å²) in [5.41, 5.74) is 1.78. The normalized spacial score (nSPS) is 16.6. The number of hydrogen-bond donors (Lipinski definition) is 1. The molecule has 24 heavy (non-hydrogen) atoms. The average molecular weight is 362 g/mol. The molecule has 1 heterocycles. The van der Waals surface area contributed by atoms with E-state index in [1.54, 1.807) is 11.8 Å². The van der Waals surface area contributed by atoms with Gasteiger partial charge in [-0.1, -0.05) is 41.6 Å². The van der Waals surface area contributed by atoms with E-state index in [9.17, 15) is 4.79 Å². The van der Waals surface area contributed by atoms with E-state index in [1.165, 1.54) is 10.5 Å². The minimum atomic E-state index is -0.414. The number of fused-ring (bicyclic) bond motifs is 2. The molecule has 0 aromatic heterocycles. The zero-order valence-electron chi connectivity index (χ0n) is 13.9. The Morgan fingerprint density at radius 1 is 1.21 bits per heavy atom. The first kappa shape index (κ1) is 17.2. The number of ether oxygens (including phenoxy) is 1. The molecule has 1 aliphatic rings. The van der Waals surface area contributed by atoms with Crippen LogP contribution in [0.5, 0.6) is 0 Å². The van der Waals surface area contributed by atoms with Crippen LogP contribution in [-0.4, -0.2) is 11.6 Å². The van der Waals surface area contributed by atoms with Crippen LogP contribution < -0.4 is 5.32 Å². The third kappa shape index (κ3) is 4.05. The Hall–Kier alpha value is -1.65. The minimum absolute atomic E-state index is 0.342. The second-order valence-electron chi connectivity index (χ2n) is 6.87. The molecule has 1 atom stereocenters. The first-order chi connectivity index (χ1) is 11.3. The van der Waals surface area contributed by atoms with Crippen LogP contribution in [-0.2, 0) is 11.2 Å². The highest BCUT2D eigenvalue weighted by molar-refractivity contribution is 7.99. The number of carbonyl (C=O) groups is 1. The molecular weight excluding hydrogens is 342 g/mol. The summed E-state index contributed by atoms with van der Waals surface area (Å²) in [5, 5.41) is 3.50. The third-order valence-corrected chi connectivity index (χ3v) is 5.09. The molecule has 0 saturated carbocycles. The van der Waals surface area contributed by atoms with Crippen molar-refractivity contribution in [2.45, 2.75) is 48.6 Å². The summed E-state index contributed by atoms with van der Waals surface area (Å²) in [6, 6.07) is 14.0. The molecule has 1 aliphatic heterocycles. The van der Waals surface area contributed by atoms with Crippen LogP contribution in [0.25, 0.3) is 0 Å². The zero-order chi connectivity index (χ0) is 17.3. The maximum absolute atomic E-state index is 12.3. The van der Waals surface area contributed by atoms with Crippen LogP contribution >= 0.6 is 23.4 Å². The van der Waals surface area contributed by atoms with Crippen LogP contribution in [0.3, 0.4) is 0 Å². The molecule has 2 aromatic carbocycles. The average Bonchev–Trinajstić information content (AvgIpc) is 2.62. The van der Waals surface area contributed by atoms with Crippen molar-refractivity contribution < 1.29 is 9.53 Å². The van der Waals surface area contributed by atoms with Gasteiger partial charge >= 0.3 is 6.09 Å². The Bertz CT molecular complexity index is 770. The van der Waals surface area contributed by atoms with E-state index in [1.807, 2.05) is 51.1 Å². The van der Waals surface area contributed by atoms with E-state index >= 15 is 0 Å². The number of halogens is 1. The second-order valence-corrected chi connectivity index (χ2v) is 8.39. The number of nitrogens with one attached hydrogen (secondary N) is 1.